The fourth-order valence-electron chi connectivity index (χ4n) is 2.86. The van der Waals surface area contributed by atoms with Gasteiger partial charge in [-0.2, -0.15) is 13.2 Å². The maximum atomic E-state index is 13.2. The second-order valence-electron chi connectivity index (χ2n) is 6.40. The Morgan fingerprint density at radius 3 is 2.38 bits per heavy atom. The number of sulfonamides is 1. The minimum absolute atomic E-state index is 0.310. The second-order valence-corrected chi connectivity index (χ2v) is 8.66. The van der Waals surface area contributed by atoms with E-state index in [0.29, 0.717) is 22.5 Å². The number of para-hydroxylation sites is 1. The predicted molar refractivity (Wildman–Crippen MR) is 108 cm³/mol. The molecule has 2 aromatic rings. The minimum atomic E-state index is -4.78. The van der Waals surface area contributed by atoms with Crippen LogP contribution in [-0.4, -0.2) is 26.6 Å². The van der Waals surface area contributed by atoms with Gasteiger partial charge in [-0.3, -0.25) is 9.10 Å². The Balaban J connectivity index is 2.45. The van der Waals surface area contributed by atoms with Crippen LogP contribution in [0.2, 0.25) is 5.02 Å². The average molecular weight is 449 g/mol. The predicted octanol–water partition coefficient (Wildman–Crippen LogP) is 4.71. The molecule has 0 aliphatic heterocycles. The highest BCUT2D eigenvalue weighted by atomic mass is 35.5. The van der Waals surface area contributed by atoms with Crippen LogP contribution in [0, 0.1) is 0 Å². The number of amides is 1. The minimum Gasteiger partial charge on any atom is -0.324 e. The number of anilines is 2. The van der Waals surface area contributed by atoms with E-state index in [9.17, 15) is 26.4 Å². The quantitative estimate of drug-likeness (QED) is 0.695. The summed E-state index contributed by atoms with van der Waals surface area (Å²) in [7, 11) is -4.08. The van der Waals surface area contributed by atoms with Crippen molar-refractivity contribution in [2.24, 2.45) is 0 Å². The SMILES string of the molecule is CCc1ccccc1NC(=O)C(C)N(c1ccc(Cl)c(C(F)(F)F)c1)S(C)(=O)=O. The molecular formula is C19H20ClF3N2O3S. The number of hydrogen-bond acceptors (Lipinski definition) is 3. The van der Waals surface area contributed by atoms with Gasteiger partial charge < -0.3 is 5.32 Å². The summed E-state index contributed by atoms with van der Waals surface area (Å²) in [5.74, 6) is -0.681. The van der Waals surface area contributed by atoms with Crippen LogP contribution >= 0.6 is 11.6 Å². The van der Waals surface area contributed by atoms with E-state index in [2.05, 4.69) is 5.32 Å². The van der Waals surface area contributed by atoms with Crippen LogP contribution < -0.4 is 9.62 Å². The summed E-state index contributed by atoms with van der Waals surface area (Å²) in [6.07, 6.45) is -3.33. The summed E-state index contributed by atoms with van der Waals surface area (Å²) in [5.41, 5.74) is -0.151. The standard InChI is InChI=1S/C19H20ClF3N2O3S/c1-4-13-7-5-6-8-17(13)24-18(26)12(2)25(29(3,27)28)14-9-10-16(20)15(11-14)19(21,22)23/h5-12H,4H2,1-3H3,(H,24,26). The molecule has 1 atom stereocenters. The van der Waals surface area contributed by atoms with Crippen molar-refractivity contribution in [3.8, 4) is 0 Å². The number of alkyl halides is 3. The van der Waals surface area contributed by atoms with Crippen LogP contribution in [-0.2, 0) is 27.4 Å². The molecule has 29 heavy (non-hydrogen) atoms. The van der Waals surface area contributed by atoms with Gasteiger partial charge in [0, 0.05) is 5.69 Å². The Labute approximate surface area is 172 Å². The van der Waals surface area contributed by atoms with Gasteiger partial charge in [0.1, 0.15) is 6.04 Å². The molecule has 2 aromatic carbocycles. The van der Waals surface area contributed by atoms with E-state index >= 15 is 0 Å². The number of halogens is 4. The lowest BCUT2D eigenvalue weighted by molar-refractivity contribution is -0.137. The van der Waals surface area contributed by atoms with Crippen LogP contribution in [0.1, 0.15) is 25.0 Å². The molecule has 10 heteroatoms. The fourth-order valence-corrected chi connectivity index (χ4v) is 4.26. The van der Waals surface area contributed by atoms with Crippen molar-refractivity contribution in [3.05, 3.63) is 58.6 Å². The van der Waals surface area contributed by atoms with Gasteiger partial charge in [-0.05, 0) is 43.2 Å². The van der Waals surface area contributed by atoms with E-state index in [1.807, 2.05) is 13.0 Å². The zero-order valence-corrected chi connectivity index (χ0v) is 17.5. The molecule has 0 saturated carbocycles. The number of aryl methyl sites for hydroxylation is 1. The Morgan fingerprint density at radius 1 is 1.21 bits per heavy atom. The fraction of sp³-hybridized carbons (Fsp3) is 0.316. The van der Waals surface area contributed by atoms with E-state index in [-0.39, 0.29) is 5.69 Å². The lowest BCUT2D eigenvalue weighted by Crippen LogP contribution is -2.45. The lowest BCUT2D eigenvalue weighted by Gasteiger charge is -2.29. The molecule has 158 valence electrons. The third-order valence-corrected chi connectivity index (χ3v) is 5.83. The van der Waals surface area contributed by atoms with E-state index < -0.39 is 38.7 Å². The lowest BCUT2D eigenvalue weighted by atomic mass is 10.1. The van der Waals surface area contributed by atoms with Gasteiger partial charge in [-0.15, -0.1) is 0 Å². The van der Waals surface area contributed by atoms with Gasteiger partial charge in [0.25, 0.3) is 0 Å². The van der Waals surface area contributed by atoms with Crippen molar-refractivity contribution >= 4 is 38.9 Å². The number of hydrogen-bond donors (Lipinski definition) is 1. The third-order valence-electron chi connectivity index (χ3n) is 4.25. The molecule has 0 fully saturated rings. The number of carbonyl (C=O) groups excluding carboxylic acids is 1. The van der Waals surface area contributed by atoms with Gasteiger partial charge in [-0.1, -0.05) is 36.7 Å². The molecule has 0 aliphatic rings. The molecule has 0 bridgehead atoms. The average Bonchev–Trinajstić information content (AvgIpc) is 2.61. The molecule has 1 N–H and O–H groups in total. The van der Waals surface area contributed by atoms with Crippen molar-refractivity contribution in [2.75, 3.05) is 15.9 Å². The summed E-state index contributed by atoms with van der Waals surface area (Å²) in [6, 6.07) is 8.37. The molecule has 5 nitrogen and oxygen atoms in total. The van der Waals surface area contributed by atoms with Crippen LogP contribution in [0.3, 0.4) is 0 Å². The number of nitrogens with zero attached hydrogens (tertiary/aromatic N) is 1. The Morgan fingerprint density at radius 2 is 1.83 bits per heavy atom. The summed E-state index contributed by atoms with van der Waals surface area (Å²) >= 11 is 5.62. The number of nitrogens with one attached hydrogen (secondary N) is 1. The van der Waals surface area contributed by atoms with Crippen molar-refractivity contribution in [1.29, 1.82) is 0 Å². The smallest absolute Gasteiger partial charge is 0.324 e. The molecule has 0 spiro atoms. The molecular weight excluding hydrogens is 429 g/mol. The number of carbonyl (C=O) groups is 1. The van der Waals surface area contributed by atoms with Gasteiger partial charge in [-0.25, -0.2) is 8.42 Å². The van der Waals surface area contributed by atoms with E-state index in [1.54, 1.807) is 18.2 Å². The summed E-state index contributed by atoms with van der Waals surface area (Å²) in [6.45, 7) is 3.19. The van der Waals surface area contributed by atoms with Crippen LogP contribution in [0.25, 0.3) is 0 Å². The topological polar surface area (TPSA) is 66.5 Å². The van der Waals surface area contributed by atoms with E-state index in [1.165, 1.54) is 6.92 Å². The molecule has 0 aromatic heterocycles. The van der Waals surface area contributed by atoms with E-state index in [4.69, 9.17) is 11.6 Å². The van der Waals surface area contributed by atoms with E-state index in [0.717, 1.165) is 24.0 Å². The Kier molecular flexibility index (Phi) is 6.85. The highest BCUT2D eigenvalue weighted by Gasteiger charge is 2.36. The molecule has 0 aliphatic carbocycles. The van der Waals surface area contributed by atoms with Crippen molar-refractivity contribution in [2.45, 2.75) is 32.5 Å². The number of benzene rings is 2. The van der Waals surface area contributed by atoms with Gasteiger partial charge in [0.2, 0.25) is 15.9 Å². The molecule has 2 rings (SSSR count). The first-order valence-electron chi connectivity index (χ1n) is 8.61. The molecule has 0 radical (unpaired) electrons. The normalized spacial score (nSPS) is 13.1. The summed E-state index contributed by atoms with van der Waals surface area (Å²) < 4.78 is 64.9. The van der Waals surface area contributed by atoms with Crippen molar-refractivity contribution < 1.29 is 26.4 Å². The maximum Gasteiger partial charge on any atom is 0.417 e. The highest BCUT2D eigenvalue weighted by Crippen LogP contribution is 2.37. The largest absolute Gasteiger partial charge is 0.417 e. The second kappa shape index (κ2) is 8.62. The van der Waals surface area contributed by atoms with Crippen LogP contribution in [0.15, 0.2) is 42.5 Å². The monoisotopic (exact) mass is 448 g/mol. The van der Waals surface area contributed by atoms with Gasteiger partial charge in [0.15, 0.2) is 0 Å². The maximum absolute atomic E-state index is 13.2. The molecule has 1 unspecified atom stereocenters. The third kappa shape index (κ3) is 5.42. The molecule has 1 amide bonds. The number of rotatable bonds is 6. The van der Waals surface area contributed by atoms with Crippen molar-refractivity contribution in [1.82, 2.24) is 0 Å². The molecule has 0 saturated heterocycles. The highest BCUT2D eigenvalue weighted by molar-refractivity contribution is 7.92. The van der Waals surface area contributed by atoms with Gasteiger partial charge in [0.05, 0.1) is 22.5 Å². The van der Waals surface area contributed by atoms with Gasteiger partial charge >= 0.3 is 6.18 Å². The zero-order chi connectivity index (χ0) is 22.0. The zero-order valence-electron chi connectivity index (χ0n) is 15.9. The van der Waals surface area contributed by atoms with Crippen LogP contribution in [0.4, 0.5) is 24.5 Å². The summed E-state index contributed by atoms with van der Waals surface area (Å²) in [5, 5.41) is 2.08. The van der Waals surface area contributed by atoms with Crippen LogP contribution in [0.5, 0.6) is 0 Å². The van der Waals surface area contributed by atoms with Crippen molar-refractivity contribution in [3.63, 3.8) is 0 Å². The Bertz CT molecular complexity index is 1010. The summed E-state index contributed by atoms with van der Waals surface area (Å²) in [4.78, 5) is 12.7. The first-order valence-corrected chi connectivity index (χ1v) is 10.8. The first-order chi connectivity index (χ1) is 13.4. The molecule has 0 heterocycles. The first kappa shape index (κ1) is 23.0. The Hall–Kier alpha value is -2.26.